The molecule has 4 rings (SSSR count). The van der Waals surface area contributed by atoms with E-state index in [-0.39, 0.29) is 5.82 Å². The molecule has 3 aromatic carbocycles. The molecule has 0 fully saturated rings. The van der Waals surface area contributed by atoms with Crippen LogP contribution >= 0.6 is 0 Å². The van der Waals surface area contributed by atoms with Crippen LogP contribution in [0.1, 0.15) is 15.9 Å². The molecule has 4 nitrogen and oxygen atoms in total. The van der Waals surface area contributed by atoms with Crippen LogP contribution in [-0.4, -0.2) is 17.6 Å². The number of primary amides is 1. The van der Waals surface area contributed by atoms with Gasteiger partial charge in [0.1, 0.15) is 11.6 Å². The van der Waals surface area contributed by atoms with E-state index in [1.165, 1.54) is 12.1 Å². The number of ether oxygens (including phenoxy) is 1. The molecule has 0 spiro atoms. The average Bonchev–Trinajstić information content (AvgIpc) is 2.97. The number of halogens is 1. The lowest BCUT2D eigenvalue weighted by molar-refractivity contribution is 0.100. The van der Waals surface area contributed by atoms with Gasteiger partial charge in [0.05, 0.1) is 24.7 Å². The van der Waals surface area contributed by atoms with Gasteiger partial charge in [0.15, 0.2) is 0 Å². The summed E-state index contributed by atoms with van der Waals surface area (Å²) in [5.41, 5.74) is 7.92. The third-order valence-corrected chi connectivity index (χ3v) is 4.56. The van der Waals surface area contributed by atoms with Crippen LogP contribution in [0.3, 0.4) is 0 Å². The van der Waals surface area contributed by atoms with Crippen molar-refractivity contribution in [1.82, 2.24) is 4.57 Å². The van der Waals surface area contributed by atoms with E-state index >= 15 is 0 Å². The van der Waals surface area contributed by atoms with Crippen LogP contribution in [-0.2, 0) is 6.54 Å². The zero-order valence-electron chi connectivity index (χ0n) is 14.1. The summed E-state index contributed by atoms with van der Waals surface area (Å²) in [7, 11) is 1.60. The normalized spacial score (nSPS) is 11.2. The third kappa shape index (κ3) is 2.40. The summed E-state index contributed by atoms with van der Waals surface area (Å²) in [6.07, 6.45) is 0. The molecule has 0 aliphatic rings. The molecule has 2 N–H and O–H groups in total. The molecule has 1 heterocycles. The van der Waals surface area contributed by atoms with E-state index in [1.54, 1.807) is 19.2 Å². The largest absolute Gasteiger partial charge is 0.496 e. The average molecular weight is 347 g/mol. The number of methoxy groups -OCH3 is 1. The van der Waals surface area contributed by atoms with E-state index in [9.17, 15) is 9.18 Å². The highest BCUT2D eigenvalue weighted by molar-refractivity contribution is 6.17. The number of amides is 1. The molecule has 0 atom stereocenters. The second-order valence-electron chi connectivity index (χ2n) is 6.01. The topological polar surface area (TPSA) is 57.2 Å². The minimum Gasteiger partial charge on any atom is -0.496 e. The second kappa shape index (κ2) is 6.19. The van der Waals surface area contributed by atoms with E-state index in [1.807, 2.05) is 34.9 Å². The van der Waals surface area contributed by atoms with Crippen molar-refractivity contribution in [2.24, 2.45) is 5.73 Å². The van der Waals surface area contributed by atoms with Crippen LogP contribution in [0, 0.1) is 11.9 Å². The molecule has 0 saturated carbocycles. The molecular weight excluding hydrogens is 331 g/mol. The van der Waals surface area contributed by atoms with Crippen LogP contribution in [0.5, 0.6) is 5.75 Å². The number of hydrogen-bond donors (Lipinski definition) is 1. The lowest BCUT2D eigenvalue weighted by Gasteiger charge is -2.12. The molecule has 26 heavy (non-hydrogen) atoms. The van der Waals surface area contributed by atoms with Crippen molar-refractivity contribution in [3.63, 3.8) is 0 Å². The molecule has 129 valence electrons. The number of aromatic nitrogens is 1. The first-order valence-electron chi connectivity index (χ1n) is 8.14. The van der Waals surface area contributed by atoms with Crippen molar-refractivity contribution < 1.29 is 13.9 Å². The van der Waals surface area contributed by atoms with E-state index < -0.39 is 5.91 Å². The summed E-state index contributed by atoms with van der Waals surface area (Å²) in [6, 6.07) is 18.8. The molecule has 1 radical (unpaired) electrons. The lowest BCUT2D eigenvalue weighted by Crippen LogP contribution is -2.11. The summed E-state index contributed by atoms with van der Waals surface area (Å²) in [6.45, 7) is 0.390. The Hall–Kier alpha value is -3.34. The first-order chi connectivity index (χ1) is 12.6. The lowest BCUT2D eigenvalue weighted by atomic mass is 10.1. The molecule has 4 aromatic rings. The summed E-state index contributed by atoms with van der Waals surface area (Å²) in [5.74, 6) is -0.209. The van der Waals surface area contributed by atoms with Crippen molar-refractivity contribution in [1.29, 1.82) is 0 Å². The highest BCUT2D eigenvalue weighted by Gasteiger charge is 2.19. The molecular formula is C21H16FN2O2. The molecule has 0 saturated heterocycles. The molecule has 5 heteroatoms. The molecule has 0 unspecified atom stereocenters. The van der Waals surface area contributed by atoms with E-state index in [2.05, 4.69) is 6.07 Å². The Morgan fingerprint density at radius 2 is 2.00 bits per heavy atom. The van der Waals surface area contributed by atoms with Crippen LogP contribution < -0.4 is 10.5 Å². The van der Waals surface area contributed by atoms with E-state index in [0.717, 1.165) is 11.1 Å². The first-order valence-corrected chi connectivity index (χ1v) is 8.14. The first kappa shape index (κ1) is 16.1. The smallest absolute Gasteiger partial charge is 0.249 e. The minimum absolute atomic E-state index is 0.355. The van der Waals surface area contributed by atoms with Gasteiger partial charge in [-0.2, -0.15) is 0 Å². The van der Waals surface area contributed by atoms with E-state index in [0.29, 0.717) is 34.1 Å². The Balaban J connectivity index is 2.07. The summed E-state index contributed by atoms with van der Waals surface area (Å²) in [4.78, 5) is 11.9. The van der Waals surface area contributed by atoms with Gasteiger partial charge >= 0.3 is 0 Å². The number of carbonyl (C=O) groups excluding carboxylic acids is 1. The summed E-state index contributed by atoms with van der Waals surface area (Å²) >= 11 is 0. The van der Waals surface area contributed by atoms with Crippen LogP contribution in [0.4, 0.5) is 4.39 Å². The van der Waals surface area contributed by atoms with E-state index in [4.69, 9.17) is 10.5 Å². The third-order valence-electron chi connectivity index (χ3n) is 4.56. The van der Waals surface area contributed by atoms with Gasteiger partial charge in [-0.05, 0) is 30.3 Å². The highest BCUT2D eigenvalue weighted by Crippen LogP contribution is 2.34. The van der Waals surface area contributed by atoms with Gasteiger partial charge in [-0.1, -0.05) is 30.3 Å². The maximum absolute atomic E-state index is 14.7. The highest BCUT2D eigenvalue weighted by atomic mass is 19.1. The van der Waals surface area contributed by atoms with Crippen LogP contribution in [0.25, 0.3) is 21.8 Å². The Morgan fingerprint density at radius 1 is 1.19 bits per heavy atom. The Kier molecular flexibility index (Phi) is 3.84. The van der Waals surface area contributed by atoms with Crippen molar-refractivity contribution in [2.75, 3.05) is 7.11 Å². The quantitative estimate of drug-likeness (QED) is 0.609. The number of para-hydroxylation sites is 1. The number of nitrogens with two attached hydrogens (primary N) is 1. The van der Waals surface area contributed by atoms with Crippen molar-refractivity contribution >= 4 is 27.7 Å². The number of hydrogen-bond acceptors (Lipinski definition) is 2. The predicted molar refractivity (Wildman–Crippen MR) is 98.9 cm³/mol. The zero-order chi connectivity index (χ0) is 18.3. The molecule has 0 bridgehead atoms. The maximum atomic E-state index is 14.7. The fraction of sp³-hybridized carbons (Fsp3) is 0.0952. The standard InChI is InChI=1S/C21H16FN2O2/c1-26-18-11-3-2-6-13(18)12-24-17-10-5-8-15(21(23)25)19(17)14-7-4-9-16(22)20(14)24/h2-6,8-11H,12H2,1H3,(H2,23,25). The van der Waals surface area contributed by atoms with Gasteiger partial charge in [0.25, 0.3) is 0 Å². The predicted octanol–water partition coefficient (Wildman–Crippen LogP) is 3.89. The van der Waals surface area contributed by atoms with Crippen LogP contribution in [0.2, 0.25) is 0 Å². The van der Waals surface area contributed by atoms with Gasteiger partial charge in [-0.25, -0.2) is 4.39 Å². The van der Waals surface area contributed by atoms with Crippen LogP contribution in [0.15, 0.2) is 54.6 Å². The fourth-order valence-corrected chi connectivity index (χ4v) is 3.44. The Labute approximate surface area is 149 Å². The summed E-state index contributed by atoms with van der Waals surface area (Å²) < 4.78 is 22.0. The maximum Gasteiger partial charge on any atom is 0.249 e. The summed E-state index contributed by atoms with van der Waals surface area (Å²) in [5, 5.41) is 1.16. The van der Waals surface area contributed by atoms with Crippen molar-refractivity contribution in [3.05, 3.63) is 77.6 Å². The number of carbonyl (C=O) groups is 1. The number of benzene rings is 3. The monoisotopic (exact) mass is 347 g/mol. The van der Waals surface area contributed by atoms with Crippen molar-refractivity contribution in [3.8, 4) is 5.75 Å². The Bertz CT molecular complexity index is 1150. The van der Waals surface area contributed by atoms with Gasteiger partial charge in [0.2, 0.25) is 5.91 Å². The number of nitrogens with zero attached hydrogens (tertiary/aromatic N) is 1. The molecule has 1 aromatic heterocycles. The van der Waals surface area contributed by atoms with Gasteiger partial charge < -0.3 is 15.0 Å². The van der Waals surface area contributed by atoms with Gasteiger partial charge in [-0.3, -0.25) is 4.79 Å². The van der Waals surface area contributed by atoms with Crippen molar-refractivity contribution in [2.45, 2.75) is 6.54 Å². The zero-order valence-corrected chi connectivity index (χ0v) is 14.1. The van der Waals surface area contributed by atoms with Gasteiger partial charge in [0, 0.05) is 21.9 Å². The van der Waals surface area contributed by atoms with Gasteiger partial charge in [-0.15, -0.1) is 0 Å². The number of fused-ring (bicyclic) bond motifs is 3. The minimum atomic E-state index is -0.551. The molecule has 0 aliphatic carbocycles. The fourth-order valence-electron chi connectivity index (χ4n) is 3.44. The SMILES string of the molecule is COc1ccccc1Cn1c2cccc(C(N)=O)c2c2[c]ccc(F)c21. The number of rotatable bonds is 4. The second-order valence-corrected chi connectivity index (χ2v) is 6.01. The molecule has 0 aliphatic heterocycles. The Morgan fingerprint density at radius 3 is 2.77 bits per heavy atom. The molecule has 1 amide bonds.